The molecule has 2 aliphatic rings. The minimum atomic E-state index is -1.64. The molecule has 6 heteroatoms. The van der Waals surface area contributed by atoms with Gasteiger partial charge in [-0.2, -0.15) is 0 Å². The number of hydrogen-bond donors (Lipinski definition) is 2. The van der Waals surface area contributed by atoms with Gasteiger partial charge in [0, 0.05) is 19.6 Å². The van der Waals surface area contributed by atoms with Crippen molar-refractivity contribution in [2.75, 3.05) is 26.3 Å². The molecule has 2 fully saturated rings. The van der Waals surface area contributed by atoms with E-state index in [1.165, 1.54) is 4.90 Å². The fraction of sp³-hybridized carbons (Fsp3) is 0.941. The van der Waals surface area contributed by atoms with Gasteiger partial charge in [-0.25, -0.2) is 9.18 Å². The van der Waals surface area contributed by atoms with Crippen LogP contribution in [0.1, 0.15) is 52.4 Å². The summed E-state index contributed by atoms with van der Waals surface area (Å²) in [5.74, 6) is 0.604. The molecule has 0 aromatic rings. The van der Waals surface area contributed by atoms with E-state index in [0.29, 0.717) is 12.5 Å². The van der Waals surface area contributed by atoms with Gasteiger partial charge >= 0.3 is 6.03 Å². The Kier molecular flexibility index (Phi) is 6.65. The maximum absolute atomic E-state index is 14.1. The number of aliphatic hydroxyl groups is 1. The Bertz CT molecular complexity index is 394. The topological polar surface area (TPSA) is 61.8 Å². The van der Waals surface area contributed by atoms with Crippen molar-refractivity contribution in [2.24, 2.45) is 5.92 Å². The van der Waals surface area contributed by atoms with Crippen LogP contribution in [0.2, 0.25) is 0 Å². The average Bonchev–Trinajstić information content (AvgIpc) is 2.92. The van der Waals surface area contributed by atoms with Crippen LogP contribution in [0.5, 0.6) is 0 Å². The van der Waals surface area contributed by atoms with Crippen LogP contribution in [0.25, 0.3) is 0 Å². The number of aliphatic hydroxyl groups excluding tert-OH is 1. The highest BCUT2D eigenvalue weighted by Gasteiger charge is 2.40. The average molecular weight is 330 g/mol. The Balaban J connectivity index is 1.82. The first kappa shape index (κ1) is 18.5. The molecule has 3 atom stereocenters. The minimum absolute atomic E-state index is 0.00662. The van der Waals surface area contributed by atoms with Crippen molar-refractivity contribution >= 4 is 6.03 Å². The smallest absolute Gasteiger partial charge is 0.317 e. The normalized spacial score (nSPS) is 31.6. The van der Waals surface area contributed by atoms with Crippen LogP contribution in [-0.2, 0) is 4.74 Å². The first-order valence-corrected chi connectivity index (χ1v) is 8.90. The van der Waals surface area contributed by atoms with E-state index >= 15 is 0 Å². The molecule has 2 rings (SSSR count). The van der Waals surface area contributed by atoms with E-state index in [2.05, 4.69) is 19.2 Å². The molecule has 0 aromatic heterocycles. The molecule has 1 heterocycles. The number of hydrogen-bond acceptors (Lipinski definition) is 3. The number of halogens is 1. The van der Waals surface area contributed by atoms with Gasteiger partial charge in [0.25, 0.3) is 0 Å². The zero-order valence-electron chi connectivity index (χ0n) is 14.4. The Hall–Kier alpha value is -0.880. The molecule has 0 unspecified atom stereocenters. The number of rotatable bonds is 6. The molecule has 0 radical (unpaired) electrons. The van der Waals surface area contributed by atoms with E-state index in [0.717, 1.165) is 38.7 Å². The lowest BCUT2D eigenvalue weighted by Crippen LogP contribution is -2.51. The number of ether oxygens (including phenoxy) is 1. The summed E-state index contributed by atoms with van der Waals surface area (Å²) in [5, 5.41) is 12.1. The van der Waals surface area contributed by atoms with Gasteiger partial charge in [0.15, 0.2) is 5.67 Å². The minimum Gasteiger partial charge on any atom is -0.393 e. The zero-order chi connectivity index (χ0) is 16.9. The van der Waals surface area contributed by atoms with E-state index in [4.69, 9.17) is 9.84 Å². The third kappa shape index (κ3) is 5.31. The van der Waals surface area contributed by atoms with Gasteiger partial charge in [0.1, 0.15) is 0 Å². The van der Waals surface area contributed by atoms with Crippen molar-refractivity contribution in [3.05, 3.63) is 0 Å². The van der Waals surface area contributed by atoms with Crippen LogP contribution < -0.4 is 5.32 Å². The molecule has 1 aliphatic heterocycles. The van der Waals surface area contributed by atoms with Crippen molar-refractivity contribution in [3.8, 4) is 0 Å². The first-order chi connectivity index (χ1) is 10.9. The largest absolute Gasteiger partial charge is 0.393 e. The van der Waals surface area contributed by atoms with E-state index in [1.54, 1.807) is 0 Å². The summed E-state index contributed by atoms with van der Waals surface area (Å²) in [6.07, 6.45) is 5.36. The van der Waals surface area contributed by atoms with Gasteiger partial charge in [-0.15, -0.1) is 0 Å². The highest BCUT2D eigenvalue weighted by atomic mass is 19.1. The lowest BCUT2D eigenvalue weighted by Gasteiger charge is -2.33. The molecule has 1 saturated carbocycles. The maximum atomic E-state index is 14.1. The lowest BCUT2D eigenvalue weighted by atomic mass is 9.92. The van der Waals surface area contributed by atoms with Crippen LogP contribution in [-0.4, -0.2) is 60.2 Å². The number of likely N-dealkylation sites (tertiary alicyclic amines) is 1. The molecule has 1 saturated heterocycles. The molecule has 0 spiro atoms. The van der Waals surface area contributed by atoms with Crippen LogP contribution in [0, 0.1) is 5.92 Å². The van der Waals surface area contributed by atoms with Gasteiger partial charge in [0.2, 0.25) is 0 Å². The molecule has 0 bridgehead atoms. The molecule has 23 heavy (non-hydrogen) atoms. The summed E-state index contributed by atoms with van der Waals surface area (Å²) in [4.78, 5) is 13.8. The second kappa shape index (κ2) is 8.29. The number of carbonyl (C=O) groups excluding carboxylic acids is 1. The third-order valence-corrected chi connectivity index (χ3v) is 4.91. The summed E-state index contributed by atoms with van der Waals surface area (Å²) in [6.45, 7) is 4.86. The number of alkyl halides is 1. The predicted octanol–water partition coefficient (Wildman–Crippen LogP) is 2.48. The Labute approximate surface area is 138 Å². The number of amides is 2. The Morgan fingerprint density at radius 3 is 2.83 bits per heavy atom. The first-order valence-electron chi connectivity index (χ1n) is 8.90. The zero-order valence-corrected chi connectivity index (χ0v) is 14.4. The summed E-state index contributed by atoms with van der Waals surface area (Å²) in [5.41, 5.74) is -1.64. The Morgan fingerprint density at radius 2 is 2.17 bits per heavy atom. The summed E-state index contributed by atoms with van der Waals surface area (Å²) >= 11 is 0. The monoisotopic (exact) mass is 330 g/mol. The van der Waals surface area contributed by atoms with Gasteiger partial charge in [-0.3, -0.25) is 0 Å². The highest BCUT2D eigenvalue weighted by molar-refractivity contribution is 5.75. The second-order valence-corrected chi connectivity index (χ2v) is 7.41. The summed E-state index contributed by atoms with van der Waals surface area (Å²) < 4.78 is 20.0. The van der Waals surface area contributed by atoms with Crippen molar-refractivity contribution in [3.63, 3.8) is 0 Å². The standard InChI is InChI=1S/C17H31FN2O3/c1-13(2)7-10-23-15-6-4-3-5-14(15)19-16(22)20-9-8-17(18,11-20)12-21/h13-15,21H,3-12H2,1-2H3,(H,19,22)/t14-,15-,17+/m1/s1. The fourth-order valence-corrected chi connectivity index (χ4v) is 3.30. The van der Waals surface area contributed by atoms with E-state index in [1.807, 2.05) is 0 Å². The van der Waals surface area contributed by atoms with Crippen LogP contribution in [0.15, 0.2) is 0 Å². The molecule has 5 nitrogen and oxygen atoms in total. The highest BCUT2D eigenvalue weighted by Crippen LogP contribution is 2.26. The lowest BCUT2D eigenvalue weighted by molar-refractivity contribution is 0.00214. The third-order valence-electron chi connectivity index (χ3n) is 4.91. The summed E-state index contributed by atoms with van der Waals surface area (Å²) in [7, 11) is 0. The van der Waals surface area contributed by atoms with Crippen LogP contribution in [0.4, 0.5) is 9.18 Å². The quantitative estimate of drug-likeness (QED) is 0.786. The predicted molar refractivity (Wildman–Crippen MR) is 87.1 cm³/mol. The van der Waals surface area contributed by atoms with E-state index in [-0.39, 0.29) is 31.1 Å². The summed E-state index contributed by atoms with van der Waals surface area (Å²) in [6, 6.07) is -0.227. The van der Waals surface area contributed by atoms with Crippen LogP contribution in [0.3, 0.4) is 0 Å². The van der Waals surface area contributed by atoms with E-state index in [9.17, 15) is 9.18 Å². The SMILES string of the molecule is CC(C)CCO[C@@H]1CCCC[C@H]1NC(=O)N1CC[C@@](F)(CO)C1. The van der Waals surface area contributed by atoms with Crippen molar-refractivity contribution < 1.29 is 19.0 Å². The number of urea groups is 1. The van der Waals surface area contributed by atoms with Gasteiger partial charge in [-0.05, 0) is 25.2 Å². The van der Waals surface area contributed by atoms with Crippen LogP contribution >= 0.6 is 0 Å². The van der Waals surface area contributed by atoms with Gasteiger partial charge in [-0.1, -0.05) is 26.7 Å². The number of nitrogens with zero attached hydrogens (tertiary/aromatic N) is 1. The number of nitrogens with one attached hydrogen (secondary N) is 1. The maximum Gasteiger partial charge on any atom is 0.317 e. The van der Waals surface area contributed by atoms with E-state index < -0.39 is 12.3 Å². The van der Waals surface area contributed by atoms with Crippen molar-refractivity contribution in [1.29, 1.82) is 0 Å². The van der Waals surface area contributed by atoms with Crippen molar-refractivity contribution in [1.82, 2.24) is 10.2 Å². The molecule has 134 valence electrons. The second-order valence-electron chi connectivity index (χ2n) is 7.41. The molecule has 2 amide bonds. The number of carbonyl (C=O) groups is 1. The molecule has 1 aliphatic carbocycles. The Morgan fingerprint density at radius 1 is 1.43 bits per heavy atom. The van der Waals surface area contributed by atoms with Gasteiger partial charge in [0.05, 0.1) is 25.3 Å². The molecule has 0 aromatic carbocycles. The van der Waals surface area contributed by atoms with Gasteiger partial charge < -0.3 is 20.1 Å². The van der Waals surface area contributed by atoms with Crippen molar-refractivity contribution in [2.45, 2.75) is 70.2 Å². The molecule has 2 N–H and O–H groups in total. The molecular formula is C17H31FN2O3. The molecular weight excluding hydrogens is 299 g/mol. The fourth-order valence-electron chi connectivity index (χ4n) is 3.30.